The molecule has 2 aromatic carbocycles. The molecule has 6 nitrogen and oxygen atoms in total. The fourth-order valence-corrected chi connectivity index (χ4v) is 3.81. The zero-order valence-corrected chi connectivity index (χ0v) is 17.4. The molecular formula is C22H22N2O4S. The van der Waals surface area contributed by atoms with Gasteiger partial charge in [0.2, 0.25) is 0 Å². The highest BCUT2D eigenvalue weighted by atomic mass is 32.2. The summed E-state index contributed by atoms with van der Waals surface area (Å²) in [7, 11) is 1.34. The number of aliphatic imine (C=N–C) groups is 1. The Morgan fingerprint density at radius 2 is 1.79 bits per heavy atom. The van der Waals surface area contributed by atoms with Crippen LogP contribution in [0, 0.1) is 0 Å². The summed E-state index contributed by atoms with van der Waals surface area (Å²) in [6.07, 6.45) is 1.86. The molecule has 1 fully saturated rings. The Hall–Kier alpha value is -3.06. The number of hydrogen-bond acceptors (Lipinski definition) is 6. The van der Waals surface area contributed by atoms with Gasteiger partial charge in [-0.3, -0.25) is 9.69 Å². The highest BCUT2D eigenvalue weighted by molar-refractivity contribution is 8.18. The second-order valence-electron chi connectivity index (χ2n) is 6.09. The van der Waals surface area contributed by atoms with Crippen LogP contribution in [0.2, 0.25) is 0 Å². The average Bonchev–Trinajstić information content (AvgIpc) is 3.03. The number of thioether (sulfide) groups is 1. The van der Waals surface area contributed by atoms with Crippen LogP contribution < -0.4 is 4.74 Å². The second-order valence-corrected chi connectivity index (χ2v) is 7.10. The third-order valence-electron chi connectivity index (χ3n) is 4.21. The Kier molecular flexibility index (Phi) is 6.72. The molecule has 29 heavy (non-hydrogen) atoms. The quantitative estimate of drug-likeness (QED) is 0.518. The van der Waals surface area contributed by atoms with Gasteiger partial charge in [0.1, 0.15) is 5.75 Å². The van der Waals surface area contributed by atoms with E-state index in [0.717, 1.165) is 11.3 Å². The smallest absolute Gasteiger partial charge is 0.337 e. The molecule has 0 saturated carbocycles. The van der Waals surface area contributed by atoms with Crippen LogP contribution in [-0.4, -0.2) is 42.2 Å². The first-order valence-corrected chi connectivity index (χ1v) is 10.1. The van der Waals surface area contributed by atoms with Crippen LogP contribution in [-0.2, 0) is 9.53 Å². The molecule has 0 spiro atoms. The Labute approximate surface area is 174 Å². The van der Waals surface area contributed by atoms with Gasteiger partial charge in [0.15, 0.2) is 5.17 Å². The summed E-state index contributed by atoms with van der Waals surface area (Å²) < 4.78 is 10.2. The molecule has 1 aliphatic rings. The SMILES string of the molecule is CCOc1ccc(/C=C2\SC(=Nc3ccc(C(=O)OC)cc3)N(CC)C2=O)cc1. The predicted molar refractivity (Wildman–Crippen MR) is 115 cm³/mol. The number of likely N-dealkylation sites (N-methyl/N-ethyl adjacent to an activating group) is 1. The van der Waals surface area contributed by atoms with E-state index >= 15 is 0 Å². The van der Waals surface area contributed by atoms with Gasteiger partial charge in [-0.05, 0) is 73.6 Å². The van der Waals surface area contributed by atoms with Gasteiger partial charge in [0.25, 0.3) is 5.91 Å². The largest absolute Gasteiger partial charge is 0.494 e. The summed E-state index contributed by atoms with van der Waals surface area (Å²) in [5, 5.41) is 0.612. The molecule has 1 amide bonds. The van der Waals surface area contributed by atoms with Crippen molar-refractivity contribution in [2.45, 2.75) is 13.8 Å². The monoisotopic (exact) mass is 410 g/mol. The maximum Gasteiger partial charge on any atom is 0.337 e. The number of carbonyl (C=O) groups is 2. The van der Waals surface area contributed by atoms with E-state index in [9.17, 15) is 9.59 Å². The number of nitrogens with zero attached hydrogens (tertiary/aromatic N) is 2. The van der Waals surface area contributed by atoms with Crippen LogP contribution in [0.25, 0.3) is 6.08 Å². The Morgan fingerprint density at radius 3 is 2.38 bits per heavy atom. The number of rotatable bonds is 6. The molecule has 3 rings (SSSR count). The minimum Gasteiger partial charge on any atom is -0.494 e. The van der Waals surface area contributed by atoms with E-state index in [-0.39, 0.29) is 5.91 Å². The summed E-state index contributed by atoms with van der Waals surface area (Å²) in [6, 6.07) is 14.4. The molecule has 2 aromatic rings. The third kappa shape index (κ3) is 4.86. The number of carbonyl (C=O) groups excluding carboxylic acids is 2. The van der Waals surface area contributed by atoms with E-state index in [4.69, 9.17) is 9.47 Å². The summed E-state index contributed by atoms with van der Waals surface area (Å²) in [5.41, 5.74) is 2.03. The van der Waals surface area contributed by atoms with Crippen LogP contribution in [0.15, 0.2) is 58.4 Å². The number of esters is 1. The van der Waals surface area contributed by atoms with Crippen LogP contribution in [0.4, 0.5) is 5.69 Å². The molecule has 0 radical (unpaired) electrons. The topological polar surface area (TPSA) is 68.2 Å². The van der Waals surface area contributed by atoms with Crippen molar-refractivity contribution in [3.05, 3.63) is 64.6 Å². The van der Waals surface area contributed by atoms with Gasteiger partial charge < -0.3 is 9.47 Å². The van der Waals surface area contributed by atoms with E-state index in [0.29, 0.717) is 34.5 Å². The summed E-state index contributed by atoms with van der Waals surface area (Å²) in [4.78, 5) is 31.2. The zero-order valence-electron chi connectivity index (χ0n) is 16.5. The molecular weight excluding hydrogens is 388 g/mol. The molecule has 1 heterocycles. The van der Waals surface area contributed by atoms with Crippen LogP contribution >= 0.6 is 11.8 Å². The highest BCUT2D eigenvalue weighted by Crippen LogP contribution is 2.34. The number of amides is 1. The zero-order chi connectivity index (χ0) is 20.8. The predicted octanol–water partition coefficient (Wildman–Crippen LogP) is 4.50. The lowest BCUT2D eigenvalue weighted by Gasteiger charge is -2.12. The second kappa shape index (κ2) is 9.43. The Balaban J connectivity index is 1.82. The minimum atomic E-state index is -0.398. The number of ether oxygens (including phenoxy) is 2. The van der Waals surface area contributed by atoms with Crippen molar-refractivity contribution >= 4 is 40.6 Å². The molecule has 0 aromatic heterocycles. The van der Waals surface area contributed by atoms with Crippen molar-refractivity contribution in [2.24, 2.45) is 4.99 Å². The van der Waals surface area contributed by atoms with E-state index in [1.54, 1.807) is 29.2 Å². The third-order valence-corrected chi connectivity index (χ3v) is 5.21. The molecule has 0 unspecified atom stereocenters. The van der Waals surface area contributed by atoms with Gasteiger partial charge in [-0.1, -0.05) is 12.1 Å². The number of amidine groups is 1. The van der Waals surface area contributed by atoms with E-state index in [1.807, 2.05) is 44.2 Å². The molecule has 150 valence electrons. The molecule has 0 atom stereocenters. The summed E-state index contributed by atoms with van der Waals surface area (Å²) in [5.74, 6) is 0.328. The summed E-state index contributed by atoms with van der Waals surface area (Å²) in [6.45, 7) is 4.98. The van der Waals surface area contributed by atoms with E-state index in [1.165, 1.54) is 18.9 Å². The number of methoxy groups -OCH3 is 1. The average molecular weight is 410 g/mol. The standard InChI is InChI=1S/C22H22N2O4S/c1-4-24-20(25)19(14-15-6-12-18(13-7-15)28-5-2)29-22(24)23-17-10-8-16(9-11-17)21(26)27-3/h6-14H,4-5H2,1-3H3/b19-14-,23-22?. The van der Waals surface area contributed by atoms with Crippen LogP contribution in [0.5, 0.6) is 5.75 Å². The molecule has 0 bridgehead atoms. The van der Waals surface area contributed by atoms with Crippen LogP contribution in [0.3, 0.4) is 0 Å². The van der Waals surface area contributed by atoms with Crippen molar-refractivity contribution in [1.29, 1.82) is 0 Å². The van der Waals surface area contributed by atoms with Gasteiger partial charge in [0, 0.05) is 6.54 Å². The Bertz CT molecular complexity index is 950. The maximum absolute atomic E-state index is 12.8. The first kappa shape index (κ1) is 20.7. The van der Waals surface area contributed by atoms with E-state index in [2.05, 4.69) is 4.99 Å². The maximum atomic E-state index is 12.8. The lowest BCUT2D eigenvalue weighted by atomic mass is 10.2. The molecule has 0 N–H and O–H groups in total. The van der Waals surface area contributed by atoms with Gasteiger partial charge in [-0.15, -0.1) is 0 Å². The van der Waals surface area contributed by atoms with Gasteiger partial charge in [0.05, 0.1) is 29.9 Å². The molecule has 0 aliphatic carbocycles. The summed E-state index contributed by atoms with van der Waals surface area (Å²) >= 11 is 1.34. The fraction of sp³-hybridized carbons (Fsp3) is 0.227. The minimum absolute atomic E-state index is 0.0729. The highest BCUT2D eigenvalue weighted by Gasteiger charge is 2.32. The number of benzene rings is 2. The fourth-order valence-electron chi connectivity index (χ4n) is 2.75. The normalized spacial score (nSPS) is 16.5. The molecule has 1 saturated heterocycles. The first-order valence-electron chi connectivity index (χ1n) is 9.27. The lowest BCUT2D eigenvalue weighted by Crippen LogP contribution is -2.28. The van der Waals surface area contributed by atoms with Gasteiger partial charge in [-0.2, -0.15) is 0 Å². The van der Waals surface area contributed by atoms with Crippen molar-refractivity contribution in [1.82, 2.24) is 4.90 Å². The van der Waals surface area contributed by atoms with Gasteiger partial charge in [-0.25, -0.2) is 9.79 Å². The molecule has 1 aliphatic heterocycles. The van der Waals surface area contributed by atoms with Crippen molar-refractivity contribution < 1.29 is 19.1 Å². The van der Waals surface area contributed by atoms with Crippen molar-refractivity contribution in [3.63, 3.8) is 0 Å². The van der Waals surface area contributed by atoms with Crippen LogP contribution in [0.1, 0.15) is 29.8 Å². The lowest BCUT2D eigenvalue weighted by molar-refractivity contribution is -0.122. The van der Waals surface area contributed by atoms with Crippen molar-refractivity contribution in [2.75, 3.05) is 20.3 Å². The van der Waals surface area contributed by atoms with E-state index < -0.39 is 5.97 Å². The van der Waals surface area contributed by atoms with Gasteiger partial charge >= 0.3 is 5.97 Å². The Morgan fingerprint density at radius 1 is 1.10 bits per heavy atom. The molecule has 7 heteroatoms. The van der Waals surface area contributed by atoms with Crippen molar-refractivity contribution in [3.8, 4) is 5.75 Å². The first-order chi connectivity index (χ1) is 14.0. The number of hydrogen-bond donors (Lipinski definition) is 0.